The van der Waals surface area contributed by atoms with E-state index in [9.17, 15) is 0 Å². The highest BCUT2D eigenvalue weighted by atomic mass is 16.5. The van der Waals surface area contributed by atoms with Crippen LogP contribution in [0.1, 0.15) is 34.1 Å². The predicted octanol–water partition coefficient (Wildman–Crippen LogP) is 1.81. The van der Waals surface area contributed by atoms with Gasteiger partial charge in [0.05, 0.1) is 12.7 Å². The van der Waals surface area contributed by atoms with Crippen molar-refractivity contribution in [2.45, 2.75) is 52.3 Å². The van der Waals surface area contributed by atoms with Gasteiger partial charge in [-0.2, -0.15) is 0 Å². The summed E-state index contributed by atoms with van der Waals surface area (Å²) in [6.45, 7) is 10.3. The second-order valence-corrected chi connectivity index (χ2v) is 5.06. The van der Waals surface area contributed by atoms with Gasteiger partial charge in [0.2, 0.25) is 0 Å². The molecule has 1 aliphatic rings. The fourth-order valence-electron chi connectivity index (χ4n) is 2.25. The lowest BCUT2D eigenvalue weighted by Gasteiger charge is -2.52. The van der Waals surface area contributed by atoms with Crippen LogP contribution in [-0.4, -0.2) is 38.5 Å². The molecule has 3 atom stereocenters. The van der Waals surface area contributed by atoms with Gasteiger partial charge in [-0.15, -0.1) is 0 Å². The summed E-state index contributed by atoms with van der Waals surface area (Å²) in [5.41, 5.74) is 0.245. The molecule has 3 unspecified atom stereocenters. The molecule has 0 saturated heterocycles. The maximum atomic E-state index is 5.42. The third kappa shape index (κ3) is 2.92. The lowest BCUT2D eigenvalue weighted by atomic mass is 9.64. The van der Waals surface area contributed by atoms with E-state index in [2.05, 4.69) is 26.1 Å². The Labute approximate surface area is 93.5 Å². The Morgan fingerprint density at radius 3 is 2.60 bits per heavy atom. The molecule has 0 aromatic heterocycles. The highest BCUT2D eigenvalue weighted by molar-refractivity contribution is 5.03. The van der Waals surface area contributed by atoms with Gasteiger partial charge < -0.3 is 14.8 Å². The first kappa shape index (κ1) is 12.9. The maximum absolute atomic E-state index is 5.42. The van der Waals surface area contributed by atoms with E-state index in [-0.39, 0.29) is 5.41 Å². The second-order valence-electron chi connectivity index (χ2n) is 5.06. The minimum atomic E-state index is 0.245. The van der Waals surface area contributed by atoms with Gasteiger partial charge in [-0.25, -0.2) is 0 Å². The Morgan fingerprint density at radius 1 is 1.47 bits per heavy atom. The molecule has 0 spiro atoms. The normalized spacial score (nSPS) is 31.0. The second kappa shape index (κ2) is 5.28. The Morgan fingerprint density at radius 2 is 2.13 bits per heavy atom. The average molecular weight is 215 g/mol. The number of methoxy groups -OCH3 is 1. The fourth-order valence-corrected chi connectivity index (χ4v) is 2.25. The van der Waals surface area contributed by atoms with Crippen molar-refractivity contribution in [3.05, 3.63) is 0 Å². The molecule has 1 aliphatic carbocycles. The van der Waals surface area contributed by atoms with Crippen molar-refractivity contribution in [1.29, 1.82) is 0 Å². The molecule has 0 aliphatic heterocycles. The summed E-state index contributed by atoms with van der Waals surface area (Å²) in [7, 11) is 1.80. The van der Waals surface area contributed by atoms with Gasteiger partial charge in [-0.1, -0.05) is 13.8 Å². The summed E-state index contributed by atoms with van der Waals surface area (Å²) < 4.78 is 10.8. The van der Waals surface area contributed by atoms with Gasteiger partial charge in [0.1, 0.15) is 0 Å². The van der Waals surface area contributed by atoms with Crippen LogP contribution in [-0.2, 0) is 9.47 Å². The van der Waals surface area contributed by atoms with Crippen LogP contribution >= 0.6 is 0 Å². The van der Waals surface area contributed by atoms with Gasteiger partial charge >= 0.3 is 0 Å². The summed E-state index contributed by atoms with van der Waals surface area (Å²) in [6.07, 6.45) is 1.51. The Kier molecular flexibility index (Phi) is 4.56. The number of ether oxygens (including phenoxy) is 2. The van der Waals surface area contributed by atoms with Crippen molar-refractivity contribution in [2.24, 2.45) is 5.41 Å². The zero-order chi connectivity index (χ0) is 11.5. The van der Waals surface area contributed by atoms with E-state index in [1.54, 1.807) is 7.11 Å². The molecule has 0 aromatic rings. The molecule has 0 radical (unpaired) electrons. The molecular weight excluding hydrogens is 190 g/mol. The van der Waals surface area contributed by atoms with Gasteiger partial charge in [0.15, 0.2) is 0 Å². The van der Waals surface area contributed by atoms with Crippen LogP contribution in [0.3, 0.4) is 0 Å². The quantitative estimate of drug-likeness (QED) is 0.733. The standard InChI is InChI=1S/C12H25NO2/c1-6-15-8-9(2)13-10-7-11(14-5)12(10,3)4/h9-11,13H,6-8H2,1-5H3. The van der Waals surface area contributed by atoms with Crippen LogP contribution in [0.5, 0.6) is 0 Å². The molecule has 1 saturated carbocycles. The molecule has 0 bridgehead atoms. The van der Waals surface area contributed by atoms with E-state index in [1.165, 1.54) is 0 Å². The molecule has 0 heterocycles. The van der Waals surface area contributed by atoms with Crippen LogP contribution < -0.4 is 5.32 Å². The lowest BCUT2D eigenvalue weighted by Crippen LogP contribution is -2.62. The van der Waals surface area contributed by atoms with E-state index < -0.39 is 0 Å². The maximum Gasteiger partial charge on any atom is 0.0652 e. The molecule has 3 heteroatoms. The van der Waals surface area contributed by atoms with Crippen LogP contribution in [0.25, 0.3) is 0 Å². The molecule has 1 N–H and O–H groups in total. The minimum Gasteiger partial charge on any atom is -0.381 e. The minimum absolute atomic E-state index is 0.245. The summed E-state index contributed by atoms with van der Waals surface area (Å²) in [6, 6.07) is 0.977. The van der Waals surface area contributed by atoms with Crippen molar-refractivity contribution < 1.29 is 9.47 Å². The third-order valence-electron chi connectivity index (χ3n) is 3.52. The number of nitrogens with one attached hydrogen (secondary N) is 1. The topological polar surface area (TPSA) is 30.5 Å². The first-order valence-electron chi connectivity index (χ1n) is 5.89. The number of hydrogen-bond donors (Lipinski definition) is 1. The smallest absolute Gasteiger partial charge is 0.0652 e. The SMILES string of the molecule is CCOCC(C)NC1CC(OC)C1(C)C. The van der Waals surface area contributed by atoms with Gasteiger partial charge in [0.25, 0.3) is 0 Å². The van der Waals surface area contributed by atoms with Crippen molar-refractivity contribution in [3.8, 4) is 0 Å². The van der Waals surface area contributed by atoms with Gasteiger partial charge in [-0.3, -0.25) is 0 Å². The largest absolute Gasteiger partial charge is 0.381 e. The Bertz CT molecular complexity index is 194. The Balaban J connectivity index is 2.29. The summed E-state index contributed by atoms with van der Waals surface area (Å²) in [4.78, 5) is 0. The molecular formula is C12H25NO2. The van der Waals surface area contributed by atoms with E-state index in [4.69, 9.17) is 9.47 Å². The summed E-state index contributed by atoms with van der Waals surface area (Å²) in [5, 5.41) is 3.60. The Hall–Kier alpha value is -0.120. The summed E-state index contributed by atoms with van der Waals surface area (Å²) >= 11 is 0. The molecule has 1 rings (SSSR count). The van der Waals surface area contributed by atoms with E-state index >= 15 is 0 Å². The molecule has 0 amide bonds. The highest BCUT2D eigenvalue weighted by Crippen LogP contribution is 2.42. The average Bonchev–Trinajstić information content (AvgIpc) is 2.20. The molecule has 15 heavy (non-hydrogen) atoms. The van der Waals surface area contributed by atoms with E-state index in [0.717, 1.165) is 19.6 Å². The van der Waals surface area contributed by atoms with Crippen LogP contribution in [0.15, 0.2) is 0 Å². The van der Waals surface area contributed by atoms with Crippen molar-refractivity contribution >= 4 is 0 Å². The van der Waals surface area contributed by atoms with Crippen molar-refractivity contribution in [2.75, 3.05) is 20.3 Å². The monoisotopic (exact) mass is 215 g/mol. The molecule has 0 aromatic carbocycles. The van der Waals surface area contributed by atoms with E-state index in [0.29, 0.717) is 18.2 Å². The molecule has 90 valence electrons. The third-order valence-corrected chi connectivity index (χ3v) is 3.52. The van der Waals surface area contributed by atoms with Crippen molar-refractivity contribution in [3.63, 3.8) is 0 Å². The first-order chi connectivity index (χ1) is 7.02. The zero-order valence-corrected chi connectivity index (χ0v) is 10.7. The number of rotatable bonds is 6. The molecule has 1 fully saturated rings. The predicted molar refractivity (Wildman–Crippen MR) is 62.1 cm³/mol. The first-order valence-corrected chi connectivity index (χ1v) is 5.89. The van der Waals surface area contributed by atoms with Crippen LogP contribution in [0, 0.1) is 5.41 Å². The lowest BCUT2D eigenvalue weighted by molar-refractivity contribution is -0.102. The van der Waals surface area contributed by atoms with Gasteiger partial charge in [-0.05, 0) is 20.3 Å². The van der Waals surface area contributed by atoms with Crippen LogP contribution in [0.4, 0.5) is 0 Å². The molecule has 3 nitrogen and oxygen atoms in total. The number of hydrogen-bond acceptors (Lipinski definition) is 3. The van der Waals surface area contributed by atoms with Crippen LogP contribution in [0.2, 0.25) is 0 Å². The van der Waals surface area contributed by atoms with Crippen molar-refractivity contribution in [1.82, 2.24) is 5.32 Å². The zero-order valence-electron chi connectivity index (χ0n) is 10.7. The highest BCUT2D eigenvalue weighted by Gasteiger charge is 2.48. The fraction of sp³-hybridized carbons (Fsp3) is 1.00. The van der Waals surface area contributed by atoms with Gasteiger partial charge in [0, 0.05) is 31.2 Å². The van der Waals surface area contributed by atoms with E-state index in [1.807, 2.05) is 6.92 Å². The summed E-state index contributed by atoms with van der Waals surface area (Å²) in [5.74, 6) is 0.